The third kappa shape index (κ3) is 2.62. The number of fused-ring (bicyclic) bond motifs is 1. The Balaban J connectivity index is 1.90. The maximum absolute atomic E-state index is 11.9. The van der Waals surface area contributed by atoms with Gasteiger partial charge in [0, 0.05) is 30.0 Å². The molecule has 0 bridgehead atoms. The first-order valence-electron chi connectivity index (χ1n) is 6.86. The summed E-state index contributed by atoms with van der Waals surface area (Å²) in [5, 5.41) is 3.23. The van der Waals surface area contributed by atoms with Crippen LogP contribution in [0.2, 0.25) is 0 Å². The Labute approximate surface area is 121 Å². The quantitative estimate of drug-likeness (QED) is 0.827. The molecule has 3 N–H and O–H groups in total. The van der Waals surface area contributed by atoms with Crippen LogP contribution in [0.3, 0.4) is 0 Å². The average Bonchev–Trinajstić information content (AvgIpc) is 2.88. The van der Waals surface area contributed by atoms with Crippen LogP contribution in [0.15, 0.2) is 28.9 Å². The van der Waals surface area contributed by atoms with E-state index in [1.54, 1.807) is 12.3 Å². The average molecular weight is 288 g/mol. The molecule has 6 heteroatoms. The van der Waals surface area contributed by atoms with E-state index in [9.17, 15) is 9.59 Å². The van der Waals surface area contributed by atoms with Gasteiger partial charge < -0.3 is 14.9 Å². The molecule has 2 heterocycles. The molecule has 1 unspecified atom stereocenters. The fourth-order valence-electron chi connectivity index (χ4n) is 2.56. The van der Waals surface area contributed by atoms with E-state index in [1.165, 1.54) is 0 Å². The first-order chi connectivity index (χ1) is 10.2. The number of carbonyl (C=O) groups is 2. The van der Waals surface area contributed by atoms with E-state index >= 15 is 0 Å². The van der Waals surface area contributed by atoms with E-state index in [1.807, 2.05) is 12.1 Å². The van der Waals surface area contributed by atoms with E-state index in [-0.39, 0.29) is 17.7 Å². The Morgan fingerprint density at radius 3 is 3.00 bits per heavy atom. The number of nitrogens with one attached hydrogen (secondary N) is 1. The number of carbonyl (C=O) groups excluding carboxylic acids is 2. The van der Waals surface area contributed by atoms with Crippen LogP contribution in [0, 0.1) is 0 Å². The second-order valence-corrected chi connectivity index (χ2v) is 4.99. The molecule has 1 atom stereocenters. The lowest BCUT2D eigenvalue weighted by Crippen LogP contribution is -2.39. The molecule has 0 aliphatic carbocycles. The molecule has 1 aromatic heterocycles. The summed E-state index contributed by atoms with van der Waals surface area (Å²) in [6.07, 6.45) is 2.43. The second-order valence-electron chi connectivity index (χ2n) is 4.99. The van der Waals surface area contributed by atoms with Crippen molar-refractivity contribution < 1.29 is 18.7 Å². The minimum atomic E-state index is -0.347. The van der Waals surface area contributed by atoms with Crippen molar-refractivity contribution in [1.29, 1.82) is 0 Å². The number of rotatable bonds is 4. The van der Waals surface area contributed by atoms with Crippen LogP contribution in [-0.2, 0) is 9.59 Å². The van der Waals surface area contributed by atoms with Crippen LogP contribution in [-0.4, -0.2) is 25.0 Å². The normalized spacial score (nSPS) is 18.8. The van der Waals surface area contributed by atoms with Crippen molar-refractivity contribution in [3.63, 3.8) is 0 Å². The summed E-state index contributed by atoms with van der Waals surface area (Å²) in [5.41, 5.74) is 6.86. The van der Waals surface area contributed by atoms with Crippen LogP contribution in [0.1, 0.15) is 24.3 Å². The molecule has 1 saturated heterocycles. The van der Waals surface area contributed by atoms with Gasteiger partial charge in [0.2, 0.25) is 11.8 Å². The van der Waals surface area contributed by atoms with Gasteiger partial charge in [0.15, 0.2) is 0 Å². The number of benzene rings is 1. The number of hydrogen-bond acceptors (Lipinski definition) is 5. The monoisotopic (exact) mass is 288 g/mol. The van der Waals surface area contributed by atoms with Crippen LogP contribution in [0.25, 0.3) is 11.0 Å². The van der Waals surface area contributed by atoms with E-state index in [2.05, 4.69) is 5.32 Å². The summed E-state index contributed by atoms with van der Waals surface area (Å²) in [6, 6.07) is 5.47. The molecule has 0 radical (unpaired) electrons. The molecule has 110 valence electrons. The fourth-order valence-corrected chi connectivity index (χ4v) is 2.56. The highest BCUT2D eigenvalue weighted by atomic mass is 16.5. The van der Waals surface area contributed by atoms with Crippen molar-refractivity contribution in [2.75, 3.05) is 13.2 Å². The topological polar surface area (TPSA) is 94.6 Å². The summed E-state index contributed by atoms with van der Waals surface area (Å²) in [5.74, 6) is -0.157. The van der Waals surface area contributed by atoms with E-state index in [0.29, 0.717) is 37.3 Å². The Morgan fingerprint density at radius 1 is 1.38 bits per heavy atom. The molecule has 3 rings (SSSR count). The summed E-state index contributed by atoms with van der Waals surface area (Å²) in [4.78, 5) is 23.2. The predicted molar refractivity (Wildman–Crippen MR) is 75.9 cm³/mol. The Morgan fingerprint density at radius 2 is 2.24 bits per heavy atom. The molecular formula is C15H16N2O4. The fraction of sp³-hybridized carbons (Fsp3) is 0.333. The van der Waals surface area contributed by atoms with Crippen molar-refractivity contribution in [3.05, 3.63) is 30.0 Å². The van der Waals surface area contributed by atoms with Crippen LogP contribution in [0.4, 0.5) is 0 Å². The molecule has 1 fully saturated rings. The highest BCUT2D eigenvalue weighted by Gasteiger charge is 2.30. The Bertz CT molecular complexity index is 692. The molecule has 1 aliphatic heterocycles. The summed E-state index contributed by atoms with van der Waals surface area (Å²) < 4.78 is 11.0. The summed E-state index contributed by atoms with van der Waals surface area (Å²) >= 11 is 0. The highest BCUT2D eigenvalue weighted by molar-refractivity contribution is 6.02. The first kappa shape index (κ1) is 13.6. The van der Waals surface area contributed by atoms with Crippen molar-refractivity contribution in [2.45, 2.75) is 18.8 Å². The number of ether oxygens (including phenoxy) is 1. The third-order valence-corrected chi connectivity index (χ3v) is 3.58. The van der Waals surface area contributed by atoms with Crippen LogP contribution < -0.4 is 15.8 Å². The molecule has 0 saturated carbocycles. The minimum absolute atomic E-state index is 0.221. The van der Waals surface area contributed by atoms with Crippen molar-refractivity contribution in [3.8, 4) is 5.75 Å². The molecule has 0 spiro atoms. The molecule has 6 nitrogen and oxygen atoms in total. The number of furan rings is 1. The van der Waals surface area contributed by atoms with Gasteiger partial charge in [0.25, 0.3) is 0 Å². The second kappa shape index (κ2) is 5.57. The lowest BCUT2D eigenvalue weighted by molar-refractivity contribution is -0.134. The van der Waals surface area contributed by atoms with E-state index in [0.717, 1.165) is 10.9 Å². The number of imide groups is 1. The van der Waals surface area contributed by atoms with Crippen LogP contribution in [0.5, 0.6) is 5.75 Å². The lowest BCUT2D eigenvalue weighted by Gasteiger charge is -2.19. The van der Waals surface area contributed by atoms with Crippen molar-refractivity contribution >= 4 is 22.8 Å². The Kier molecular flexibility index (Phi) is 3.62. The predicted octanol–water partition coefficient (Wildman–Crippen LogP) is 1.29. The zero-order valence-corrected chi connectivity index (χ0v) is 11.4. The number of nitrogens with two attached hydrogens (primary N) is 1. The highest BCUT2D eigenvalue weighted by Crippen LogP contribution is 2.33. The van der Waals surface area contributed by atoms with Gasteiger partial charge in [0.1, 0.15) is 17.9 Å². The number of amides is 2. The zero-order valence-electron chi connectivity index (χ0n) is 11.4. The molecule has 2 amide bonds. The van der Waals surface area contributed by atoms with Gasteiger partial charge in [-0.05, 0) is 18.6 Å². The Hall–Kier alpha value is -2.34. The summed E-state index contributed by atoms with van der Waals surface area (Å²) in [7, 11) is 0. The van der Waals surface area contributed by atoms with E-state index < -0.39 is 0 Å². The molecule has 1 aromatic carbocycles. The maximum Gasteiger partial charge on any atom is 0.234 e. The largest absolute Gasteiger partial charge is 0.492 e. The number of hydrogen-bond donors (Lipinski definition) is 2. The molecule has 2 aromatic rings. The van der Waals surface area contributed by atoms with Gasteiger partial charge in [0.05, 0.1) is 12.2 Å². The first-order valence-corrected chi connectivity index (χ1v) is 6.86. The van der Waals surface area contributed by atoms with Gasteiger partial charge in [-0.2, -0.15) is 0 Å². The van der Waals surface area contributed by atoms with Gasteiger partial charge >= 0.3 is 0 Å². The third-order valence-electron chi connectivity index (χ3n) is 3.58. The van der Waals surface area contributed by atoms with Crippen molar-refractivity contribution in [1.82, 2.24) is 5.32 Å². The van der Waals surface area contributed by atoms with E-state index in [4.69, 9.17) is 14.9 Å². The van der Waals surface area contributed by atoms with Gasteiger partial charge in [-0.3, -0.25) is 14.9 Å². The van der Waals surface area contributed by atoms with Gasteiger partial charge in [-0.15, -0.1) is 0 Å². The molecule has 1 aliphatic rings. The maximum atomic E-state index is 11.9. The lowest BCUT2D eigenvalue weighted by atomic mass is 9.90. The SMILES string of the molecule is NCCOc1ccc2c(C3CCC(=O)NC3=O)coc2c1. The van der Waals surface area contributed by atoms with Crippen LogP contribution >= 0.6 is 0 Å². The minimum Gasteiger partial charge on any atom is -0.492 e. The number of piperidine rings is 1. The van der Waals surface area contributed by atoms with Gasteiger partial charge in [-0.25, -0.2) is 0 Å². The molecule has 21 heavy (non-hydrogen) atoms. The van der Waals surface area contributed by atoms with Crippen molar-refractivity contribution in [2.24, 2.45) is 5.73 Å². The summed E-state index contributed by atoms with van der Waals surface area (Å²) in [6.45, 7) is 0.879. The molecular weight excluding hydrogens is 272 g/mol. The zero-order chi connectivity index (χ0) is 14.8. The smallest absolute Gasteiger partial charge is 0.234 e. The standard InChI is InChI=1S/C15H16N2O4/c16-5-6-20-9-1-2-10-12(8-21-13(10)7-9)11-3-4-14(18)17-15(11)19/h1-2,7-8,11H,3-6,16H2,(H,17,18,19). The van der Waals surface area contributed by atoms with Gasteiger partial charge in [-0.1, -0.05) is 0 Å².